The molecule has 2 nitrogen and oxygen atoms in total. The van der Waals surface area contributed by atoms with Crippen LogP contribution in [0.5, 0.6) is 0 Å². The van der Waals surface area contributed by atoms with Gasteiger partial charge in [-0.25, -0.2) is 0 Å². The number of carbonyl (C=O) groups excluding carboxylic acids is 1. The molecule has 2 saturated carbocycles. The molecule has 3 heteroatoms. The Hall–Kier alpha value is -0.320. The van der Waals surface area contributed by atoms with Crippen LogP contribution < -0.4 is 0 Å². The summed E-state index contributed by atoms with van der Waals surface area (Å²) in [5.41, 5.74) is 2.11. The molecule has 4 aliphatic rings. The van der Waals surface area contributed by atoms with E-state index in [1.807, 2.05) is 0 Å². The van der Waals surface area contributed by atoms with Crippen LogP contribution in [0, 0.1) is 29.1 Å². The molecular weight excluding hydrogens is 375 g/mol. The molecule has 0 spiro atoms. The van der Waals surface area contributed by atoms with Crippen LogP contribution >= 0.6 is 22.6 Å². The number of carbonyl (C=O) groups is 1. The predicted molar refractivity (Wildman–Crippen MR) is 90.9 cm³/mol. The Morgan fingerprint density at radius 3 is 3.14 bits per heavy atom. The van der Waals surface area contributed by atoms with Crippen LogP contribution in [0.3, 0.4) is 0 Å². The second-order valence-corrected chi connectivity index (χ2v) is 9.27. The SMILES string of the molecule is C/C(I)=C/C[C@H]1C(=O)O[C@@H]2[C@@H]1CCC1=CCC[C@]3(C)[C@@H]2[C@H]13. The fourth-order valence-electron chi connectivity index (χ4n) is 5.41. The lowest BCUT2D eigenvalue weighted by atomic mass is 9.79. The lowest BCUT2D eigenvalue weighted by molar-refractivity contribution is -0.145. The highest BCUT2D eigenvalue weighted by molar-refractivity contribution is 14.1. The van der Waals surface area contributed by atoms with Crippen LogP contribution in [0.1, 0.15) is 46.0 Å². The Balaban J connectivity index is 1.62. The summed E-state index contributed by atoms with van der Waals surface area (Å²) < 4.78 is 7.19. The number of allylic oxidation sites excluding steroid dienone is 4. The fourth-order valence-corrected chi connectivity index (χ4v) is 5.66. The minimum atomic E-state index is 0.0681. The fraction of sp³-hybridized carbons (Fsp3) is 0.722. The molecule has 1 heterocycles. The van der Waals surface area contributed by atoms with E-state index in [-0.39, 0.29) is 18.0 Å². The molecule has 0 amide bonds. The van der Waals surface area contributed by atoms with Crippen molar-refractivity contribution in [1.82, 2.24) is 0 Å². The zero-order valence-corrected chi connectivity index (χ0v) is 14.9. The van der Waals surface area contributed by atoms with E-state index in [0.717, 1.165) is 18.8 Å². The molecule has 0 radical (unpaired) electrons. The van der Waals surface area contributed by atoms with Crippen molar-refractivity contribution in [2.45, 2.75) is 52.1 Å². The van der Waals surface area contributed by atoms with E-state index < -0.39 is 0 Å². The monoisotopic (exact) mass is 398 g/mol. The van der Waals surface area contributed by atoms with Gasteiger partial charge in [0.2, 0.25) is 0 Å². The van der Waals surface area contributed by atoms with E-state index in [9.17, 15) is 4.79 Å². The summed E-state index contributed by atoms with van der Waals surface area (Å²) in [6, 6.07) is 0. The van der Waals surface area contributed by atoms with Gasteiger partial charge in [-0.2, -0.15) is 0 Å². The highest BCUT2D eigenvalue weighted by atomic mass is 127. The third-order valence-electron chi connectivity index (χ3n) is 6.48. The maximum Gasteiger partial charge on any atom is 0.309 e. The molecule has 0 aromatic rings. The first kappa shape index (κ1) is 14.3. The van der Waals surface area contributed by atoms with Crippen molar-refractivity contribution < 1.29 is 9.53 Å². The topological polar surface area (TPSA) is 26.3 Å². The molecule has 0 bridgehead atoms. The molecule has 0 aromatic heterocycles. The second kappa shape index (κ2) is 4.84. The highest BCUT2D eigenvalue weighted by Gasteiger charge is 2.70. The first-order valence-corrected chi connectivity index (χ1v) is 9.32. The first-order valence-electron chi connectivity index (χ1n) is 8.24. The summed E-state index contributed by atoms with van der Waals surface area (Å²) in [5.74, 6) is 1.94. The Morgan fingerprint density at radius 2 is 2.38 bits per heavy atom. The molecule has 4 rings (SSSR count). The Labute approximate surface area is 140 Å². The Kier molecular flexibility index (Phi) is 3.29. The standard InChI is InChI=1S/C18H23IO2/c1-10(19)5-7-13-12-8-6-11-4-3-9-18(2)14(11)15(18)16(12)21-17(13)20/h4-5,12-16H,3,6-9H2,1-2H3/b10-5-/t12-,13-,14+,15-,16-,18+/m1/s1. The van der Waals surface area contributed by atoms with Crippen molar-refractivity contribution in [1.29, 1.82) is 0 Å². The number of halogens is 1. The zero-order chi connectivity index (χ0) is 14.8. The first-order chi connectivity index (χ1) is 10.0. The molecule has 0 aromatic carbocycles. The number of hydrogen-bond acceptors (Lipinski definition) is 2. The van der Waals surface area contributed by atoms with Crippen molar-refractivity contribution in [3.8, 4) is 0 Å². The average Bonchev–Trinajstić information content (AvgIpc) is 2.99. The normalized spacial score (nSPS) is 48.0. The molecular formula is C18H23IO2. The third kappa shape index (κ3) is 2.06. The molecule has 3 fully saturated rings. The van der Waals surface area contributed by atoms with Crippen molar-refractivity contribution >= 4 is 28.6 Å². The molecule has 114 valence electrons. The quantitative estimate of drug-likeness (QED) is 0.385. The van der Waals surface area contributed by atoms with Crippen LogP contribution in [0.2, 0.25) is 0 Å². The predicted octanol–water partition coefficient (Wildman–Crippen LogP) is 4.64. The van der Waals surface area contributed by atoms with Gasteiger partial charge in [0, 0.05) is 11.8 Å². The van der Waals surface area contributed by atoms with Gasteiger partial charge in [0.1, 0.15) is 6.10 Å². The molecule has 6 atom stereocenters. The molecule has 21 heavy (non-hydrogen) atoms. The van der Waals surface area contributed by atoms with Crippen molar-refractivity contribution in [3.63, 3.8) is 0 Å². The molecule has 1 saturated heterocycles. The third-order valence-corrected chi connectivity index (χ3v) is 6.92. The van der Waals surface area contributed by atoms with Crippen molar-refractivity contribution in [3.05, 3.63) is 21.3 Å². The summed E-state index contributed by atoms with van der Waals surface area (Å²) in [4.78, 5) is 12.4. The highest BCUT2D eigenvalue weighted by Crippen LogP contribution is 2.72. The summed E-state index contributed by atoms with van der Waals surface area (Å²) in [6.07, 6.45) is 10.6. The van der Waals surface area contributed by atoms with Crippen LogP contribution in [0.4, 0.5) is 0 Å². The number of ether oxygens (including phenoxy) is 1. The van der Waals surface area contributed by atoms with E-state index >= 15 is 0 Å². The van der Waals surface area contributed by atoms with Gasteiger partial charge in [-0.05, 0) is 76.5 Å². The lowest BCUT2D eigenvalue weighted by Gasteiger charge is -2.24. The number of fused-ring (bicyclic) bond motifs is 3. The summed E-state index contributed by atoms with van der Waals surface area (Å²) >= 11 is 2.33. The largest absolute Gasteiger partial charge is 0.461 e. The van der Waals surface area contributed by atoms with Gasteiger partial charge >= 0.3 is 5.97 Å². The van der Waals surface area contributed by atoms with Gasteiger partial charge in [0.25, 0.3) is 0 Å². The van der Waals surface area contributed by atoms with Crippen molar-refractivity contribution in [2.75, 3.05) is 0 Å². The summed E-state index contributed by atoms with van der Waals surface area (Å²) in [6.45, 7) is 4.52. The van der Waals surface area contributed by atoms with E-state index in [1.165, 1.54) is 22.8 Å². The van der Waals surface area contributed by atoms with Gasteiger partial charge in [0.05, 0.1) is 5.92 Å². The smallest absolute Gasteiger partial charge is 0.309 e. The number of hydrogen-bond donors (Lipinski definition) is 0. The molecule has 1 aliphatic heterocycles. The summed E-state index contributed by atoms with van der Waals surface area (Å²) in [5, 5.41) is 0. The summed E-state index contributed by atoms with van der Waals surface area (Å²) in [7, 11) is 0. The van der Waals surface area contributed by atoms with Crippen LogP contribution in [0.15, 0.2) is 21.3 Å². The average molecular weight is 398 g/mol. The van der Waals surface area contributed by atoms with Crippen LogP contribution in [-0.2, 0) is 9.53 Å². The van der Waals surface area contributed by atoms with E-state index in [2.05, 4.69) is 48.6 Å². The molecule has 0 unspecified atom stereocenters. The van der Waals surface area contributed by atoms with Gasteiger partial charge in [-0.15, -0.1) is 0 Å². The lowest BCUT2D eigenvalue weighted by Crippen LogP contribution is -2.24. The maximum atomic E-state index is 12.4. The van der Waals surface area contributed by atoms with Gasteiger partial charge in [-0.3, -0.25) is 4.79 Å². The van der Waals surface area contributed by atoms with Crippen LogP contribution in [0.25, 0.3) is 0 Å². The Bertz CT molecular complexity index is 545. The van der Waals surface area contributed by atoms with E-state index in [0.29, 0.717) is 17.3 Å². The molecule has 0 N–H and O–H groups in total. The molecule has 3 aliphatic carbocycles. The van der Waals surface area contributed by atoms with Gasteiger partial charge in [-0.1, -0.05) is 24.6 Å². The van der Waals surface area contributed by atoms with E-state index in [1.54, 1.807) is 5.57 Å². The second-order valence-electron chi connectivity index (χ2n) is 7.56. The maximum absolute atomic E-state index is 12.4. The zero-order valence-electron chi connectivity index (χ0n) is 12.8. The van der Waals surface area contributed by atoms with E-state index in [4.69, 9.17) is 4.74 Å². The van der Waals surface area contributed by atoms with Gasteiger partial charge in [0.15, 0.2) is 0 Å². The minimum Gasteiger partial charge on any atom is -0.461 e. The minimum absolute atomic E-state index is 0.0681. The number of esters is 1. The number of rotatable bonds is 2. The van der Waals surface area contributed by atoms with Crippen molar-refractivity contribution in [2.24, 2.45) is 29.1 Å². The van der Waals surface area contributed by atoms with Gasteiger partial charge < -0.3 is 4.74 Å². The Morgan fingerprint density at radius 1 is 1.57 bits per heavy atom. The van der Waals surface area contributed by atoms with Crippen LogP contribution in [-0.4, -0.2) is 12.1 Å².